The molecule has 0 unspecified atom stereocenters. The molecule has 0 saturated carbocycles. The van der Waals surface area contributed by atoms with Gasteiger partial charge in [-0.2, -0.15) is 5.10 Å². The number of rotatable bonds is 8. The van der Waals surface area contributed by atoms with Crippen molar-refractivity contribution in [2.24, 2.45) is 0 Å². The second kappa shape index (κ2) is 12.5. The third-order valence-corrected chi connectivity index (χ3v) is 7.88. The van der Waals surface area contributed by atoms with E-state index in [0.717, 1.165) is 86.9 Å². The summed E-state index contributed by atoms with van der Waals surface area (Å²) in [6, 6.07) is 14.2. The van der Waals surface area contributed by atoms with Gasteiger partial charge in [-0.25, -0.2) is 9.97 Å². The number of nitrogens with one attached hydrogen (secondary N) is 1. The summed E-state index contributed by atoms with van der Waals surface area (Å²) in [5, 5.41) is 8.11. The van der Waals surface area contributed by atoms with Crippen LogP contribution in [0.4, 0.5) is 17.3 Å². The number of carbonyl (C=O) groups excluding carboxylic acids is 1. The SMILES string of the molecule is CCn1cc(-c2ccnc(Nc3ccc(N4CCN(CC(=O)N5CCCCC5)CC4)cc3)n2)c(-c2cccnc2)n1. The second-order valence-corrected chi connectivity index (χ2v) is 10.6. The molecule has 0 bridgehead atoms. The summed E-state index contributed by atoms with van der Waals surface area (Å²) in [5.41, 5.74) is 5.65. The fourth-order valence-corrected chi connectivity index (χ4v) is 5.54. The Morgan fingerprint density at radius 3 is 2.46 bits per heavy atom. The highest BCUT2D eigenvalue weighted by Gasteiger charge is 2.23. The summed E-state index contributed by atoms with van der Waals surface area (Å²) >= 11 is 0. The molecule has 0 spiro atoms. The van der Waals surface area contributed by atoms with Gasteiger partial charge in [0.25, 0.3) is 0 Å². The summed E-state index contributed by atoms with van der Waals surface area (Å²) in [6.45, 7) is 8.84. The Hall–Kier alpha value is -4.31. The molecule has 0 atom stereocenters. The number of anilines is 3. The summed E-state index contributed by atoms with van der Waals surface area (Å²) in [5.74, 6) is 0.816. The van der Waals surface area contributed by atoms with E-state index >= 15 is 0 Å². The molecule has 4 aromatic rings. The van der Waals surface area contributed by atoms with Crippen LogP contribution in [0.3, 0.4) is 0 Å². The highest BCUT2D eigenvalue weighted by Crippen LogP contribution is 2.30. The summed E-state index contributed by atoms with van der Waals surface area (Å²) in [4.78, 5) is 32.9. The van der Waals surface area contributed by atoms with Crippen molar-refractivity contribution >= 4 is 23.2 Å². The normalized spacial score (nSPS) is 16.1. The van der Waals surface area contributed by atoms with Gasteiger partial charge in [-0.3, -0.25) is 19.4 Å². The minimum absolute atomic E-state index is 0.285. The van der Waals surface area contributed by atoms with Crippen LogP contribution in [-0.2, 0) is 11.3 Å². The van der Waals surface area contributed by atoms with Crippen LogP contribution in [0, 0.1) is 0 Å². The summed E-state index contributed by atoms with van der Waals surface area (Å²) < 4.78 is 1.91. The van der Waals surface area contributed by atoms with Gasteiger partial charge < -0.3 is 15.1 Å². The predicted molar refractivity (Wildman–Crippen MR) is 161 cm³/mol. The molecule has 6 rings (SSSR count). The molecule has 212 valence electrons. The lowest BCUT2D eigenvalue weighted by Gasteiger charge is -2.37. The zero-order chi connectivity index (χ0) is 28.0. The fraction of sp³-hybridized carbons (Fsp3) is 0.387. The van der Waals surface area contributed by atoms with Crippen molar-refractivity contribution in [2.45, 2.75) is 32.7 Å². The molecule has 0 radical (unpaired) electrons. The van der Waals surface area contributed by atoms with Gasteiger partial charge in [0, 0.05) is 93.1 Å². The first-order valence-corrected chi connectivity index (χ1v) is 14.6. The van der Waals surface area contributed by atoms with E-state index in [9.17, 15) is 4.79 Å². The Labute approximate surface area is 241 Å². The van der Waals surface area contributed by atoms with Gasteiger partial charge in [-0.15, -0.1) is 0 Å². The van der Waals surface area contributed by atoms with Gasteiger partial charge in [0.15, 0.2) is 0 Å². The van der Waals surface area contributed by atoms with Crippen molar-refractivity contribution in [1.29, 1.82) is 0 Å². The van der Waals surface area contributed by atoms with Crippen molar-refractivity contribution in [3.63, 3.8) is 0 Å². The van der Waals surface area contributed by atoms with Gasteiger partial charge in [-0.05, 0) is 68.7 Å². The number of benzene rings is 1. The van der Waals surface area contributed by atoms with E-state index in [-0.39, 0.29) is 5.91 Å². The molecule has 1 aromatic carbocycles. The maximum Gasteiger partial charge on any atom is 0.236 e. The zero-order valence-electron chi connectivity index (χ0n) is 23.6. The van der Waals surface area contributed by atoms with E-state index in [0.29, 0.717) is 12.5 Å². The molecule has 2 saturated heterocycles. The number of nitrogens with zero attached hydrogens (tertiary/aromatic N) is 8. The van der Waals surface area contributed by atoms with Gasteiger partial charge >= 0.3 is 0 Å². The number of amides is 1. The molecule has 1 amide bonds. The second-order valence-electron chi connectivity index (χ2n) is 10.6. The third-order valence-electron chi connectivity index (χ3n) is 7.88. The van der Waals surface area contributed by atoms with Crippen LogP contribution in [0.15, 0.2) is 67.3 Å². The largest absolute Gasteiger partial charge is 0.369 e. The van der Waals surface area contributed by atoms with Crippen LogP contribution >= 0.6 is 0 Å². The molecule has 5 heterocycles. The molecule has 2 fully saturated rings. The summed E-state index contributed by atoms with van der Waals surface area (Å²) in [7, 11) is 0. The quantitative estimate of drug-likeness (QED) is 0.346. The monoisotopic (exact) mass is 551 g/mol. The number of aromatic nitrogens is 5. The number of aryl methyl sites for hydroxylation is 1. The highest BCUT2D eigenvalue weighted by atomic mass is 16.2. The molecule has 0 aliphatic carbocycles. The van der Waals surface area contributed by atoms with Gasteiger partial charge in [0.2, 0.25) is 11.9 Å². The van der Waals surface area contributed by atoms with Gasteiger partial charge in [0.1, 0.15) is 5.69 Å². The van der Waals surface area contributed by atoms with E-state index in [4.69, 9.17) is 10.1 Å². The van der Waals surface area contributed by atoms with Crippen molar-refractivity contribution in [2.75, 3.05) is 56.0 Å². The number of piperazine rings is 1. The van der Waals surface area contributed by atoms with Crippen molar-refractivity contribution in [1.82, 2.24) is 34.5 Å². The predicted octanol–water partition coefficient (Wildman–Crippen LogP) is 4.30. The number of likely N-dealkylation sites (tertiary alicyclic amines) is 1. The minimum Gasteiger partial charge on any atom is -0.369 e. The smallest absolute Gasteiger partial charge is 0.236 e. The van der Waals surface area contributed by atoms with Crippen LogP contribution < -0.4 is 10.2 Å². The Balaban J connectivity index is 1.08. The van der Waals surface area contributed by atoms with Crippen molar-refractivity contribution in [3.8, 4) is 22.5 Å². The Kier molecular flexibility index (Phi) is 8.18. The van der Waals surface area contributed by atoms with Crippen LogP contribution in [0.1, 0.15) is 26.2 Å². The molecule has 41 heavy (non-hydrogen) atoms. The maximum absolute atomic E-state index is 12.7. The lowest BCUT2D eigenvalue weighted by Crippen LogP contribution is -2.50. The number of hydrogen-bond acceptors (Lipinski definition) is 8. The van der Waals surface area contributed by atoms with E-state index < -0.39 is 0 Å². The van der Waals surface area contributed by atoms with Crippen LogP contribution in [-0.4, -0.2) is 86.3 Å². The highest BCUT2D eigenvalue weighted by molar-refractivity contribution is 5.79. The molecular weight excluding hydrogens is 514 g/mol. The lowest BCUT2D eigenvalue weighted by molar-refractivity contribution is -0.133. The lowest BCUT2D eigenvalue weighted by atomic mass is 10.1. The molecule has 2 aliphatic heterocycles. The molecule has 10 heteroatoms. The van der Waals surface area contributed by atoms with Crippen LogP contribution in [0.2, 0.25) is 0 Å². The zero-order valence-corrected chi connectivity index (χ0v) is 23.6. The molecule has 3 aromatic heterocycles. The summed E-state index contributed by atoms with van der Waals surface area (Å²) in [6.07, 6.45) is 10.9. The van der Waals surface area contributed by atoms with E-state index in [1.807, 2.05) is 40.2 Å². The number of piperidine rings is 1. The Morgan fingerprint density at radius 2 is 1.73 bits per heavy atom. The number of carbonyl (C=O) groups is 1. The Morgan fingerprint density at radius 1 is 0.927 bits per heavy atom. The number of hydrogen-bond donors (Lipinski definition) is 1. The van der Waals surface area contributed by atoms with Crippen LogP contribution in [0.5, 0.6) is 0 Å². The number of pyridine rings is 1. The molecule has 2 aliphatic rings. The van der Waals surface area contributed by atoms with Crippen LogP contribution in [0.25, 0.3) is 22.5 Å². The standard InChI is InChI=1S/C31H37N9O/c1-2-40-22-27(30(36-40)24-7-6-13-32-21-24)28-12-14-33-31(35-28)34-25-8-10-26(11-9-25)38-19-17-37(18-20-38)23-29(41)39-15-4-3-5-16-39/h6-14,21-22H,2-5,15-20,23H2,1H3,(H,33,34,35). The molecular formula is C31H37N9O. The van der Waals surface area contributed by atoms with Crippen molar-refractivity contribution < 1.29 is 4.79 Å². The van der Waals surface area contributed by atoms with E-state index in [2.05, 4.69) is 56.3 Å². The first-order chi connectivity index (χ1) is 20.2. The maximum atomic E-state index is 12.7. The van der Waals surface area contributed by atoms with Gasteiger partial charge in [0.05, 0.1) is 12.2 Å². The average Bonchev–Trinajstić information content (AvgIpc) is 3.48. The van der Waals surface area contributed by atoms with Gasteiger partial charge in [-0.1, -0.05) is 0 Å². The Bertz CT molecular complexity index is 1440. The van der Waals surface area contributed by atoms with Crippen molar-refractivity contribution in [3.05, 3.63) is 67.3 Å². The molecule has 1 N–H and O–H groups in total. The van der Waals surface area contributed by atoms with E-state index in [1.54, 1.807) is 12.4 Å². The minimum atomic E-state index is 0.285. The topological polar surface area (TPSA) is 95.3 Å². The first kappa shape index (κ1) is 26.9. The third kappa shape index (κ3) is 6.38. The first-order valence-electron chi connectivity index (χ1n) is 14.6. The fourth-order valence-electron chi connectivity index (χ4n) is 5.54. The van der Waals surface area contributed by atoms with E-state index in [1.165, 1.54) is 12.1 Å². The average molecular weight is 552 g/mol. The molecule has 10 nitrogen and oxygen atoms in total.